The molecule has 0 aliphatic heterocycles. The van der Waals surface area contributed by atoms with Crippen LogP contribution in [-0.4, -0.2) is 46.3 Å². The zero-order chi connectivity index (χ0) is 21.5. The Hall–Kier alpha value is -4.08. The number of hydrogen-bond donors (Lipinski definition) is 4. The molecule has 156 valence electrons. The summed E-state index contributed by atoms with van der Waals surface area (Å²) in [4.78, 5) is 24.1. The number of nitrogens with zero attached hydrogens (tertiary/aromatic N) is 3. The highest BCUT2D eigenvalue weighted by molar-refractivity contribution is 5.76. The summed E-state index contributed by atoms with van der Waals surface area (Å²) < 4.78 is 10.3. The molecule has 2 aromatic carbocycles. The lowest BCUT2D eigenvalue weighted by molar-refractivity contribution is -0.137. The SMILES string of the molecule is COc1ccc(Nc2nc(Nc3ccc(OC)cc3)nc(N[C@@H](C)C(=O)O)n2)cc1. The summed E-state index contributed by atoms with van der Waals surface area (Å²) >= 11 is 0. The van der Waals surface area contributed by atoms with Crippen molar-refractivity contribution in [3.63, 3.8) is 0 Å². The second-order valence-corrected chi connectivity index (χ2v) is 6.22. The molecule has 0 saturated heterocycles. The Balaban J connectivity index is 1.87. The summed E-state index contributed by atoms with van der Waals surface area (Å²) in [6.07, 6.45) is 0. The standard InChI is InChI=1S/C20H22N6O4/c1-12(17(27)28)21-18-24-19(22-13-4-8-15(29-2)9-5-13)26-20(25-18)23-14-6-10-16(30-3)11-7-14/h4-12H,1-3H3,(H,27,28)(H3,21,22,23,24,25,26)/t12-/m0/s1. The Morgan fingerprint density at radius 1 is 0.800 bits per heavy atom. The first-order chi connectivity index (χ1) is 14.5. The van der Waals surface area contributed by atoms with Crippen LogP contribution in [0.25, 0.3) is 0 Å². The van der Waals surface area contributed by atoms with Crippen molar-refractivity contribution < 1.29 is 19.4 Å². The number of benzene rings is 2. The second-order valence-electron chi connectivity index (χ2n) is 6.22. The lowest BCUT2D eigenvalue weighted by atomic mass is 10.3. The van der Waals surface area contributed by atoms with Crippen LogP contribution in [0, 0.1) is 0 Å². The molecule has 0 bridgehead atoms. The van der Waals surface area contributed by atoms with Crippen LogP contribution in [0.1, 0.15) is 6.92 Å². The van der Waals surface area contributed by atoms with E-state index in [0.29, 0.717) is 0 Å². The molecule has 1 heterocycles. The number of hydrogen-bond acceptors (Lipinski definition) is 9. The van der Waals surface area contributed by atoms with E-state index < -0.39 is 12.0 Å². The molecule has 4 N–H and O–H groups in total. The summed E-state index contributed by atoms with van der Waals surface area (Å²) in [5.74, 6) is 1.01. The predicted molar refractivity (Wildman–Crippen MR) is 113 cm³/mol. The molecule has 10 heteroatoms. The van der Waals surface area contributed by atoms with Crippen LogP contribution in [0.4, 0.5) is 29.2 Å². The topological polar surface area (TPSA) is 131 Å². The van der Waals surface area contributed by atoms with Crippen LogP contribution >= 0.6 is 0 Å². The maximum absolute atomic E-state index is 11.2. The summed E-state index contributed by atoms with van der Waals surface area (Å²) in [6.45, 7) is 1.50. The van der Waals surface area contributed by atoms with E-state index in [4.69, 9.17) is 14.6 Å². The number of nitrogens with one attached hydrogen (secondary N) is 3. The van der Waals surface area contributed by atoms with Gasteiger partial charge in [0.05, 0.1) is 14.2 Å². The smallest absolute Gasteiger partial charge is 0.325 e. The first-order valence-corrected chi connectivity index (χ1v) is 9.04. The van der Waals surface area contributed by atoms with E-state index in [9.17, 15) is 4.79 Å². The minimum atomic E-state index is -1.02. The molecule has 0 saturated carbocycles. The maximum atomic E-state index is 11.2. The van der Waals surface area contributed by atoms with Gasteiger partial charge in [0.15, 0.2) is 0 Å². The molecule has 0 aliphatic rings. The van der Waals surface area contributed by atoms with Crippen molar-refractivity contribution in [1.82, 2.24) is 15.0 Å². The van der Waals surface area contributed by atoms with E-state index in [1.54, 1.807) is 38.5 Å². The molecule has 0 amide bonds. The zero-order valence-electron chi connectivity index (χ0n) is 16.7. The van der Waals surface area contributed by atoms with Crippen LogP contribution in [0.3, 0.4) is 0 Å². The number of anilines is 5. The van der Waals surface area contributed by atoms with Gasteiger partial charge in [-0.05, 0) is 55.5 Å². The third kappa shape index (κ3) is 5.47. The molecule has 0 fully saturated rings. The van der Waals surface area contributed by atoms with Crippen molar-refractivity contribution in [2.75, 3.05) is 30.2 Å². The monoisotopic (exact) mass is 410 g/mol. The van der Waals surface area contributed by atoms with Gasteiger partial charge in [0, 0.05) is 11.4 Å². The van der Waals surface area contributed by atoms with E-state index >= 15 is 0 Å². The average molecular weight is 410 g/mol. The van der Waals surface area contributed by atoms with Gasteiger partial charge in [-0.15, -0.1) is 0 Å². The van der Waals surface area contributed by atoms with Crippen LogP contribution in [0.5, 0.6) is 11.5 Å². The molecule has 0 unspecified atom stereocenters. The number of carbonyl (C=O) groups is 1. The third-order valence-corrected chi connectivity index (χ3v) is 4.04. The van der Waals surface area contributed by atoms with E-state index in [0.717, 1.165) is 22.9 Å². The Bertz CT molecular complexity index is 927. The number of rotatable bonds is 9. The fourth-order valence-electron chi connectivity index (χ4n) is 2.41. The number of carboxylic acid groups (broad SMARTS) is 1. The predicted octanol–water partition coefficient (Wildman–Crippen LogP) is 3.26. The Kier molecular flexibility index (Phi) is 6.48. The van der Waals surface area contributed by atoms with Crippen molar-refractivity contribution in [2.45, 2.75) is 13.0 Å². The lowest BCUT2D eigenvalue weighted by Crippen LogP contribution is -2.26. The van der Waals surface area contributed by atoms with Crippen molar-refractivity contribution in [3.05, 3.63) is 48.5 Å². The molecule has 1 aromatic heterocycles. The molecule has 0 spiro atoms. The maximum Gasteiger partial charge on any atom is 0.325 e. The van der Waals surface area contributed by atoms with E-state index in [1.165, 1.54) is 6.92 Å². The van der Waals surface area contributed by atoms with Crippen molar-refractivity contribution in [2.24, 2.45) is 0 Å². The molecule has 3 aromatic rings. The first-order valence-electron chi connectivity index (χ1n) is 9.04. The van der Waals surface area contributed by atoms with Crippen LogP contribution in [-0.2, 0) is 4.79 Å². The first kappa shape index (κ1) is 20.6. The van der Waals surface area contributed by atoms with E-state index in [1.807, 2.05) is 24.3 Å². The van der Waals surface area contributed by atoms with Gasteiger partial charge in [0.2, 0.25) is 17.8 Å². The summed E-state index contributed by atoms with van der Waals surface area (Å²) in [6, 6.07) is 13.6. The number of aliphatic carboxylic acids is 1. The van der Waals surface area contributed by atoms with Gasteiger partial charge in [-0.3, -0.25) is 4.79 Å². The van der Waals surface area contributed by atoms with Crippen LogP contribution in [0.2, 0.25) is 0 Å². The Morgan fingerprint density at radius 3 is 1.57 bits per heavy atom. The molecular formula is C20H22N6O4. The largest absolute Gasteiger partial charge is 0.497 e. The van der Waals surface area contributed by atoms with Crippen LogP contribution < -0.4 is 25.4 Å². The second kappa shape index (κ2) is 9.41. The fraction of sp³-hybridized carbons (Fsp3) is 0.200. The van der Waals surface area contributed by atoms with Crippen molar-refractivity contribution >= 4 is 35.2 Å². The zero-order valence-corrected chi connectivity index (χ0v) is 16.7. The Morgan fingerprint density at radius 2 is 1.20 bits per heavy atom. The number of methoxy groups -OCH3 is 2. The normalized spacial score (nSPS) is 11.3. The molecule has 3 rings (SSSR count). The molecule has 0 aliphatic carbocycles. The summed E-state index contributed by atoms with van der Waals surface area (Å²) in [7, 11) is 3.18. The fourth-order valence-corrected chi connectivity index (χ4v) is 2.41. The minimum absolute atomic E-state index is 0.118. The Labute approximate surface area is 173 Å². The number of carboxylic acids is 1. The van der Waals surface area contributed by atoms with Gasteiger partial charge < -0.3 is 30.5 Å². The van der Waals surface area contributed by atoms with Gasteiger partial charge in [-0.25, -0.2) is 0 Å². The minimum Gasteiger partial charge on any atom is -0.497 e. The van der Waals surface area contributed by atoms with Gasteiger partial charge in [0.1, 0.15) is 17.5 Å². The molecule has 30 heavy (non-hydrogen) atoms. The lowest BCUT2D eigenvalue weighted by Gasteiger charge is -2.13. The molecular weight excluding hydrogens is 388 g/mol. The van der Waals surface area contributed by atoms with E-state index in [-0.39, 0.29) is 17.8 Å². The van der Waals surface area contributed by atoms with Gasteiger partial charge >= 0.3 is 5.97 Å². The number of ether oxygens (including phenoxy) is 2. The van der Waals surface area contributed by atoms with Crippen molar-refractivity contribution in [1.29, 1.82) is 0 Å². The van der Waals surface area contributed by atoms with Crippen LogP contribution in [0.15, 0.2) is 48.5 Å². The highest BCUT2D eigenvalue weighted by Crippen LogP contribution is 2.22. The quantitative estimate of drug-likeness (QED) is 0.417. The summed E-state index contributed by atoms with van der Waals surface area (Å²) in [5, 5.41) is 18.1. The molecule has 1 atom stereocenters. The average Bonchev–Trinajstić information content (AvgIpc) is 2.74. The van der Waals surface area contributed by atoms with E-state index in [2.05, 4.69) is 30.9 Å². The highest BCUT2D eigenvalue weighted by atomic mass is 16.5. The van der Waals surface area contributed by atoms with Gasteiger partial charge in [0.25, 0.3) is 0 Å². The number of aromatic nitrogens is 3. The van der Waals surface area contributed by atoms with Gasteiger partial charge in [-0.1, -0.05) is 0 Å². The molecule has 0 radical (unpaired) electrons. The third-order valence-electron chi connectivity index (χ3n) is 4.04. The molecule has 10 nitrogen and oxygen atoms in total. The van der Waals surface area contributed by atoms with Crippen molar-refractivity contribution in [3.8, 4) is 11.5 Å². The highest BCUT2D eigenvalue weighted by Gasteiger charge is 2.14. The van der Waals surface area contributed by atoms with Gasteiger partial charge in [-0.2, -0.15) is 15.0 Å². The summed E-state index contributed by atoms with van der Waals surface area (Å²) in [5.41, 5.74) is 1.46.